The third-order valence-electron chi connectivity index (χ3n) is 3.18. The van der Waals surface area contributed by atoms with Crippen molar-refractivity contribution in [3.63, 3.8) is 0 Å². The van der Waals surface area contributed by atoms with E-state index in [0.29, 0.717) is 30.5 Å². The Morgan fingerprint density at radius 2 is 1.79 bits per heavy atom. The number of aliphatic hydroxyl groups excluding tert-OH is 1. The van der Waals surface area contributed by atoms with E-state index in [0.717, 1.165) is 0 Å². The number of esters is 1. The van der Waals surface area contributed by atoms with Crippen LogP contribution in [0.15, 0.2) is 24.3 Å². The van der Waals surface area contributed by atoms with Crippen LogP contribution in [-0.2, 0) is 9.47 Å². The van der Waals surface area contributed by atoms with Gasteiger partial charge in [0, 0.05) is 0 Å². The van der Waals surface area contributed by atoms with Crippen LogP contribution in [0.3, 0.4) is 0 Å². The predicted molar refractivity (Wildman–Crippen MR) is 91.2 cm³/mol. The highest BCUT2D eigenvalue weighted by Gasteiger charge is 2.10. The van der Waals surface area contributed by atoms with Gasteiger partial charge in [-0.25, -0.2) is 4.79 Å². The van der Waals surface area contributed by atoms with E-state index in [1.807, 2.05) is 13.8 Å². The molecule has 1 aromatic carbocycles. The lowest BCUT2D eigenvalue weighted by atomic mass is 10.2. The molecule has 6 heteroatoms. The van der Waals surface area contributed by atoms with Crippen LogP contribution < -0.4 is 10.1 Å². The maximum atomic E-state index is 11.9. The third-order valence-corrected chi connectivity index (χ3v) is 3.18. The summed E-state index contributed by atoms with van der Waals surface area (Å²) in [5.74, 6) is 0.221. The molecule has 24 heavy (non-hydrogen) atoms. The molecule has 0 saturated carbocycles. The number of aliphatic hydroxyl groups is 1. The summed E-state index contributed by atoms with van der Waals surface area (Å²) in [5, 5.41) is 11.9. The van der Waals surface area contributed by atoms with E-state index in [4.69, 9.17) is 14.2 Å². The first-order valence-electron chi connectivity index (χ1n) is 8.41. The molecule has 136 valence electrons. The highest BCUT2D eigenvalue weighted by atomic mass is 16.6. The Hall–Kier alpha value is -1.63. The van der Waals surface area contributed by atoms with Crippen LogP contribution >= 0.6 is 0 Å². The van der Waals surface area contributed by atoms with Gasteiger partial charge in [0.25, 0.3) is 0 Å². The Morgan fingerprint density at radius 1 is 1.12 bits per heavy atom. The molecular weight excluding hydrogens is 310 g/mol. The summed E-state index contributed by atoms with van der Waals surface area (Å²) in [6.07, 6.45) is -0.411. The first-order valence-corrected chi connectivity index (χ1v) is 8.41. The van der Waals surface area contributed by atoms with Gasteiger partial charge >= 0.3 is 5.97 Å². The molecule has 0 fully saturated rings. The Balaban J connectivity index is 2.33. The molecule has 0 radical (unpaired) electrons. The average molecular weight is 340 g/mol. The van der Waals surface area contributed by atoms with Crippen molar-refractivity contribution in [3.05, 3.63) is 29.8 Å². The fourth-order valence-electron chi connectivity index (χ4n) is 1.88. The number of hydrogen-bond acceptors (Lipinski definition) is 5. The normalized spacial score (nSPS) is 12.5. The van der Waals surface area contributed by atoms with Gasteiger partial charge in [-0.15, -0.1) is 0 Å². The van der Waals surface area contributed by atoms with Crippen molar-refractivity contribution < 1.29 is 29.4 Å². The molecule has 0 bridgehead atoms. The smallest absolute Gasteiger partial charge is 0.338 e. The molecule has 1 atom stereocenters. The van der Waals surface area contributed by atoms with Crippen molar-refractivity contribution >= 4 is 5.97 Å². The van der Waals surface area contributed by atoms with Crippen LogP contribution in [0.4, 0.5) is 0 Å². The van der Waals surface area contributed by atoms with Crippen LogP contribution in [-0.4, -0.2) is 55.7 Å². The van der Waals surface area contributed by atoms with E-state index in [2.05, 4.69) is 19.2 Å². The molecular formula is C18H30NO5+. The van der Waals surface area contributed by atoms with E-state index in [-0.39, 0.29) is 25.3 Å². The van der Waals surface area contributed by atoms with Gasteiger partial charge in [0.05, 0.1) is 24.3 Å². The number of rotatable bonds is 11. The highest BCUT2D eigenvalue weighted by molar-refractivity contribution is 5.89. The Bertz CT molecular complexity index is 473. The van der Waals surface area contributed by atoms with Crippen LogP contribution in [0.25, 0.3) is 0 Å². The quantitative estimate of drug-likeness (QED) is 0.464. The monoisotopic (exact) mass is 340 g/mol. The molecule has 0 unspecified atom stereocenters. The lowest BCUT2D eigenvalue weighted by Crippen LogP contribution is -2.90. The van der Waals surface area contributed by atoms with Gasteiger partial charge in [-0.1, -0.05) is 0 Å². The minimum atomic E-state index is -0.530. The van der Waals surface area contributed by atoms with Gasteiger partial charge < -0.3 is 24.6 Å². The number of carbonyl (C=O) groups is 1. The third kappa shape index (κ3) is 8.86. The van der Waals surface area contributed by atoms with Crippen LogP contribution in [0.2, 0.25) is 0 Å². The van der Waals surface area contributed by atoms with E-state index >= 15 is 0 Å². The second-order valence-electron chi connectivity index (χ2n) is 6.26. The van der Waals surface area contributed by atoms with Gasteiger partial charge in [-0.3, -0.25) is 0 Å². The van der Waals surface area contributed by atoms with Crippen LogP contribution in [0.5, 0.6) is 5.75 Å². The van der Waals surface area contributed by atoms with Gasteiger partial charge in [-0.2, -0.15) is 0 Å². The number of hydrogen-bond donors (Lipinski definition) is 2. The van der Waals surface area contributed by atoms with Crippen molar-refractivity contribution in [1.29, 1.82) is 0 Å². The maximum Gasteiger partial charge on any atom is 0.338 e. The SMILES string of the molecule is CC(C)[NH2+]C[C@H](O)COc1ccc(C(=O)OCCOC(C)C)cc1. The first-order chi connectivity index (χ1) is 11.4. The number of nitrogens with two attached hydrogens (primary N) is 1. The average Bonchev–Trinajstić information content (AvgIpc) is 2.55. The van der Waals surface area contributed by atoms with Crippen molar-refractivity contribution in [3.8, 4) is 5.75 Å². The Morgan fingerprint density at radius 3 is 2.38 bits per heavy atom. The number of carbonyl (C=O) groups excluding carboxylic acids is 1. The molecule has 0 spiro atoms. The van der Waals surface area contributed by atoms with E-state index in [1.165, 1.54) is 0 Å². The fraction of sp³-hybridized carbons (Fsp3) is 0.611. The van der Waals surface area contributed by atoms with Gasteiger partial charge in [-0.05, 0) is 52.0 Å². The summed E-state index contributed by atoms with van der Waals surface area (Å²) in [4.78, 5) is 11.9. The topological polar surface area (TPSA) is 81.6 Å². The summed E-state index contributed by atoms with van der Waals surface area (Å²) in [6.45, 7) is 9.43. The Labute approximate surface area is 144 Å². The molecule has 0 saturated heterocycles. The van der Waals surface area contributed by atoms with Crippen molar-refractivity contribution in [2.45, 2.75) is 45.9 Å². The molecule has 0 aliphatic heterocycles. The predicted octanol–water partition coefficient (Wildman–Crippen LogP) is 0.980. The number of ether oxygens (including phenoxy) is 3. The van der Waals surface area contributed by atoms with Crippen molar-refractivity contribution in [2.75, 3.05) is 26.4 Å². The lowest BCUT2D eigenvalue weighted by molar-refractivity contribution is -0.688. The summed E-state index contributed by atoms with van der Waals surface area (Å²) in [6, 6.07) is 7.12. The summed E-state index contributed by atoms with van der Waals surface area (Å²) in [5.41, 5.74) is 0.459. The Kier molecular flexibility index (Phi) is 9.37. The maximum absolute atomic E-state index is 11.9. The fourth-order valence-corrected chi connectivity index (χ4v) is 1.88. The molecule has 0 aliphatic carbocycles. The zero-order valence-corrected chi connectivity index (χ0v) is 15.0. The van der Waals surface area contributed by atoms with Crippen molar-refractivity contribution in [1.82, 2.24) is 0 Å². The summed E-state index contributed by atoms with van der Waals surface area (Å²) < 4.78 is 16.0. The van der Waals surface area contributed by atoms with Crippen LogP contribution in [0, 0.1) is 0 Å². The summed E-state index contributed by atoms with van der Waals surface area (Å²) >= 11 is 0. The molecule has 1 aromatic rings. The second kappa shape index (κ2) is 11.0. The van der Waals surface area contributed by atoms with E-state index < -0.39 is 6.10 Å². The highest BCUT2D eigenvalue weighted by Crippen LogP contribution is 2.13. The molecule has 1 rings (SSSR count). The minimum Gasteiger partial charge on any atom is -0.491 e. The number of quaternary nitrogens is 1. The van der Waals surface area contributed by atoms with Crippen molar-refractivity contribution in [2.24, 2.45) is 0 Å². The second-order valence-corrected chi connectivity index (χ2v) is 6.26. The molecule has 0 heterocycles. The summed E-state index contributed by atoms with van der Waals surface area (Å²) in [7, 11) is 0. The molecule has 0 aliphatic rings. The first kappa shape index (κ1) is 20.4. The minimum absolute atomic E-state index is 0.119. The van der Waals surface area contributed by atoms with Gasteiger partial charge in [0.1, 0.15) is 31.6 Å². The van der Waals surface area contributed by atoms with Gasteiger partial charge in [0.15, 0.2) is 0 Å². The number of benzene rings is 1. The molecule has 0 amide bonds. The van der Waals surface area contributed by atoms with Gasteiger partial charge in [0.2, 0.25) is 0 Å². The lowest BCUT2D eigenvalue weighted by Gasteiger charge is -2.13. The standard InChI is InChI=1S/C18H29NO5/c1-13(2)19-11-16(20)12-24-17-7-5-15(6-8-17)18(21)23-10-9-22-14(3)4/h5-8,13-14,16,19-20H,9-12H2,1-4H3/p+1/t16-/m0/s1. The molecule has 3 N–H and O–H groups in total. The zero-order chi connectivity index (χ0) is 17.9. The van der Waals surface area contributed by atoms with E-state index in [1.54, 1.807) is 24.3 Å². The van der Waals surface area contributed by atoms with E-state index in [9.17, 15) is 9.90 Å². The molecule has 0 aromatic heterocycles. The zero-order valence-electron chi connectivity index (χ0n) is 15.0. The molecule has 6 nitrogen and oxygen atoms in total. The van der Waals surface area contributed by atoms with Crippen LogP contribution in [0.1, 0.15) is 38.1 Å². The largest absolute Gasteiger partial charge is 0.491 e.